The highest BCUT2D eigenvalue weighted by Crippen LogP contribution is 2.40. The third-order valence-corrected chi connectivity index (χ3v) is 7.36. The molecule has 2 saturated carbocycles. The van der Waals surface area contributed by atoms with E-state index >= 15 is 0 Å². The monoisotopic (exact) mass is 320 g/mol. The molecule has 2 aliphatic carbocycles. The fourth-order valence-electron chi connectivity index (χ4n) is 5.58. The van der Waals surface area contributed by atoms with Crippen LogP contribution in [0.4, 0.5) is 0 Å². The fourth-order valence-corrected chi connectivity index (χ4v) is 5.58. The van der Waals surface area contributed by atoms with Gasteiger partial charge in [0.05, 0.1) is 13.1 Å². The molecular weight excluding hydrogens is 282 g/mol. The van der Waals surface area contributed by atoms with Gasteiger partial charge in [-0.15, -0.1) is 0 Å². The molecule has 0 aromatic carbocycles. The maximum atomic E-state index is 12.7. The Morgan fingerprint density at radius 1 is 0.826 bits per heavy atom. The van der Waals surface area contributed by atoms with E-state index < -0.39 is 0 Å². The number of hydrogen-bond acceptors (Lipinski definition) is 1. The van der Waals surface area contributed by atoms with Gasteiger partial charge in [-0.3, -0.25) is 4.79 Å². The van der Waals surface area contributed by atoms with Gasteiger partial charge >= 0.3 is 0 Å². The zero-order chi connectivity index (χ0) is 16.1. The summed E-state index contributed by atoms with van der Waals surface area (Å²) in [5.41, 5.74) is 0. The Kier molecular flexibility index (Phi) is 6.56. The summed E-state index contributed by atoms with van der Waals surface area (Å²) in [6.07, 6.45) is 16.4. The number of carbonyl (C=O) groups excluding carboxylic acids is 1. The number of hydrogen-bond donors (Lipinski definition) is 1. The SMILES string of the molecule is CCC1CC[NH+](CC(=O)C2CCC(C3CCCCC3)CC2)CC1. The highest BCUT2D eigenvalue weighted by Gasteiger charge is 2.33. The Morgan fingerprint density at radius 3 is 2.04 bits per heavy atom. The van der Waals surface area contributed by atoms with Gasteiger partial charge in [0.15, 0.2) is 5.78 Å². The summed E-state index contributed by atoms with van der Waals surface area (Å²) in [6.45, 7) is 5.62. The number of likely N-dealkylation sites (tertiary alicyclic amines) is 1. The van der Waals surface area contributed by atoms with Gasteiger partial charge in [-0.2, -0.15) is 0 Å². The molecule has 1 saturated heterocycles. The molecule has 23 heavy (non-hydrogen) atoms. The lowest BCUT2D eigenvalue weighted by atomic mass is 9.70. The molecule has 0 aromatic heterocycles. The number of piperidine rings is 1. The normalized spacial score (nSPS) is 36.7. The standard InChI is InChI=1S/C21H37NO/c1-2-17-12-14-22(15-13-17)16-21(23)20-10-8-19(9-11-20)18-6-4-3-5-7-18/h17-20H,2-16H2,1H3/p+1. The molecular formula is C21H38NO+. The molecule has 1 heterocycles. The minimum absolute atomic E-state index is 0.409. The highest BCUT2D eigenvalue weighted by atomic mass is 16.1. The number of Topliss-reactive ketones (excluding diaryl/α,β-unsaturated/α-hetero) is 1. The first kappa shape index (κ1) is 17.5. The van der Waals surface area contributed by atoms with Crippen molar-refractivity contribution in [3.05, 3.63) is 0 Å². The molecule has 0 unspecified atom stereocenters. The van der Waals surface area contributed by atoms with Crippen LogP contribution in [-0.4, -0.2) is 25.4 Å². The van der Waals surface area contributed by atoms with Crippen molar-refractivity contribution in [2.75, 3.05) is 19.6 Å². The van der Waals surface area contributed by atoms with Crippen LogP contribution in [0, 0.1) is 23.7 Å². The first-order chi connectivity index (χ1) is 11.3. The third kappa shape index (κ3) is 4.81. The minimum Gasteiger partial charge on any atom is -0.329 e. The van der Waals surface area contributed by atoms with E-state index in [9.17, 15) is 4.79 Å². The Morgan fingerprint density at radius 2 is 1.43 bits per heavy atom. The lowest BCUT2D eigenvalue weighted by molar-refractivity contribution is -0.898. The molecule has 3 fully saturated rings. The number of rotatable bonds is 5. The zero-order valence-electron chi connectivity index (χ0n) is 15.3. The van der Waals surface area contributed by atoms with E-state index in [1.807, 2.05) is 0 Å². The molecule has 0 bridgehead atoms. The summed E-state index contributed by atoms with van der Waals surface area (Å²) >= 11 is 0. The van der Waals surface area contributed by atoms with E-state index in [1.54, 1.807) is 4.90 Å². The van der Waals surface area contributed by atoms with Crippen LogP contribution in [-0.2, 0) is 4.79 Å². The van der Waals surface area contributed by atoms with Crippen LogP contribution in [0.1, 0.15) is 84.0 Å². The summed E-state index contributed by atoms with van der Waals surface area (Å²) < 4.78 is 0. The van der Waals surface area contributed by atoms with Crippen molar-refractivity contribution >= 4 is 5.78 Å². The van der Waals surface area contributed by atoms with Crippen molar-refractivity contribution in [3.63, 3.8) is 0 Å². The number of quaternary nitrogens is 1. The van der Waals surface area contributed by atoms with Gasteiger partial charge in [0.1, 0.15) is 6.54 Å². The number of nitrogens with one attached hydrogen (secondary N) is 1. The molecule has 3 aliphatic rings. The average molecular weight is 321 g/mol. The molecule has 0 aromatic rings. The van der Waals surface area contributed by atoms with Crippen LogP contribution in [0.25, 0.3) is 0 Å². The van der Waals surface area contributed by atoms with Crippen molar-refractivity contribution in [2.24, 2.45) is 23.7 Å². The van der Waals surface area contributed by atoms with Crippen LogP contribution < -0.4 is 4.90 Å². The van der Waals surface area contributed by atoms with Crippen LogP contribution in [0.15, 0.2) is 0 Å². The Bertz CT molecular complexity index is 358. The average Bonchev–Trinajstić information content (AvgIpc) is 2.63. The number of ketones is 1. The third-order valence-electron chi connectivity index (χ3n) is 7.36. The Hall–Kier alpha value is -0.370. The van der Waals surface area contributed by atoms with E-state index in [-0.39, 0.29) is 0 Å². The van der Waals surface area contributed by atoms with Gasteiger partial charge < -0.3 is 4.90 Å². The molecule has 132 valence electrons. The van der Waals surface area contributed by atoms with E-state index in [4.69, 9.17) is 0 Å². The van der Waals surface area contributed by atoms with Crippen molar-refractivity contribution in [1.82, 2.24) is 0 Å². The Labute approximate surface area is 143 Å². The predicted octanol–water partition coefficient (Wildman–Crippen LogP) is 3.65. The minimum atomic E-state index is 0.409. The van der Waals surface area contributed by atoms with Crippen molar-refractivity contribution < 1.29 is 9.69 Å². The number of carbonyl (C=O) groups is 1. The van der Waals surface area contributed by atoms with Gasteiger partial charge in [-0.05, 0) is 56.3 Å². The van der Waals surface area contributed by atoms with E-state index in [0.29, 0.717) is 11.7 Å². The quantitative estimate of drug-likeness (QED) is 0.820. The lowest BCUT2D eigenvalue weighted by Gasteiger charge is -2.36. The molecule has 1 aliphatic heterocycles. The molecule has 2 heteroatoms. The summed E-state index contributed by atoms with van der Waals surface area (Å²) in [5, 5.41) is 0. The molecule has 0 atom stereocenters. The van der Waals surface area contributed by atoms with Gasteiger partial charge in [-0.25, -0.2) is 0 Å². The maximum Gasteiger partial charge on any atom is 0.189 e. The van der Waals surface area contributed by atoms with Crippen LogP contribution in [0.3, 0.4) is 0 Å². The van der Waals surface area contributed by atoms with Crippen molar-refractivity contribution in [2.45, 2.75) is 84.0 Å². The fraction of sp³-hybridized carbons (Fsp3) is 0.952. The Balaban J connectivity index is 1.38. The van der Waals surface area contributed by atoms with Crippen LogP contribution >= 0.6 is 0 Å². The second-order valence-corrected chi connectivity index (χ2v) is 8.75. The van der Waals surface area contributed by atoms with Crippen molar-refractivity contribution in [1.29, 1.82) is 0 Å². The molecule has 2 nitrogen and oxygen atoms in total. The van der Waals surface area contributed by atoms with Gasteiger partial charge in [0.25, 0.3) is 0 Å². The van der Waals surface area contributed by atoms with Gasteiger partial charge in [0, 0.05) is 5.92 Å². The predicted molar refractivity (Wildman–Crippen MR) is 95.6 cm³/mol. The van der Waals surface area contributed by atoms with Gasteiger partial charge in [0.2, 0.25) is 0 Å². The second kappa shape index (κ2) is 8.65. The molecule has 0 radical (unpaired) electrons. The zero-order valence-corrected chi connectivity index (χ0v) is 15.3. The summed E-state index contributed by atoms with van der Waals surface area (Å²) in [4.78, 5) is 14.3. The smallest absolute Gasteiger partial charge is 0.189 e. The molecule has 0 amide bonds. The lowest BCUT2D eigenvalue weighted by Crippen LogP contribution is -3.14. The molecule has 3 rings (SSSR count). The van der Waals surface area contributed by atoms with Gasteiger partial charge in [-0.1, -0.05) is 45.4 Å². The second-order valence-electron chi connectivity index (χ2n) is 8.75. The summed E-state index contributed by atoms with van der Waals surface area (Å²) in [7, 11) is 0. The van der Waals surface area contributed by atoms with Crippen molar-refractivity contribution in [3.8, 4) is 0 Å². The van der Waals surface area contributed by atoms with Crippen LogP contribution in [0.2, 0.25) is 0 Å². The first-order valence-corrected chi connectivity index (χ1v) is 10.6. The maximum absolute atomic E-state index is 12.7. The largest absolute Gasteiger partial charge is 0.329 e. The summed E-state index contributed by atoms with van der Waals surface area (Å²) in [6, 6.07) is 0. The molecule has 0 spiro atoms. The molecule has 1 N–H and O–H groups in total. The summed E-state index contributed by atoms with van der Waals surface area (Å²) in [5.74, 6) is 3.88. The van der Waals surface area contributed by atoms with E-state index in [0.717, 1.165) is 24.3 Å². The topological polar surface area (TPSA) is 21.5 Å². The first-order valence-electron chi connectivity index (χ1n) is 10.6. The van der Waals surface area contributed by atoms with E-state index in [2.05, 4.69) is 6.92 Å². The highest BCUT2D eigenvalue weighted by molar-refractivity contribution is 5.81. The van der Waals surface area contributed by atoms with Crippen LogP contribution in [0.5, 0.6) is 0 Å². The van der Waals surface area contributed by atoms with E-state index in [1.165, 1.54) is 90.1 Å².